The maximum atomic E-state index is 12.2. The predicted molar refractivity (Wildman–Crippen MR) is 70.9 cm³/mol. The molecule has 0 spiro atoms. The van der Waals surface area contributed by atoms with Gasteiger partial charge in [-0.2, -0.15) is 0 Å². The van der Waals surface area contributed by atoms with Crippen molar-refractivity contribution in [2.24, 2.45) is 0 Å². The normalized spacial score (nSPS) is 22.1. The van der Waals surface area contributed by atoms with Crippen LogP contribution in [0.2, 0.25) is 0 Å². The number of carboxylic acids is 1. The lowest BCUT2D eigenvalue weighted by molar-refractivity contribution is -0.169. The van der Waals surface area contributed by atoms with E-state index in [0.29, 0.717) is 19.6 Å². The highest BCUT2D eigenvalue weighted by Gasteiger charge is 2.41. The van der Waals surface area contributed by atoms with Crippen LogP contribution in [0.1, 0.15) is 34.6 Å². The molecule has 0 amide bonds. The molecule has 0 aromatic carbocycles. The summed E-state index contributed by atoms with van der Waals surface area (Å²) in [5.41, 5.74) is -1.38. The molecule has 0 aromatic rings. The average Bonchev–Trinajstić information content (AvgIpc) is 2.26. The molecule has 1 aliphatic heterocycles. The van der Waals surface area contributed by atoms with Gasteiger partial charge < -0.3 is 15.2 Å². The van der Waals surface area contributed by atoms with Crippen molar-refractivity contribution >= 4 is 11.9 Å². The third-order valence-corrected chi connectivity index (χ3v) is 3.16. The number of aliphatic carboxylic acids is 1. The van der Waals surface area contributed by atoms with Crippen LogP contribution in [0.3, 0.4) is 0 Å². The van der Waals surface area contributed by atoms with Gasteiger partial charge in [0, 0.05) is 19.6 Å². The van der Waals surface area contributed by atoms with Gasteiger partial charge in [-0.05, 0) is 34.6 Å². The number of ether oxygens (including phenoxy) is 1. The van der Waals surface area contributed by atoms with E-state index in [1.54, 1.807) is 13.8 Å². The second-order valence-electron chi connectivity index (χ2n) is 6.35. The van der Waals surface area contributed by atoms with Gasteiger partial charge in [-0.3, -0.25) is 14.5 Å². The molecule has 1 fully saturated rings. The van der Waals surface area contributed by atoms with Crippen molar-refractivity contribution in [1.29, 1.82) is 0 Å². The monoisotopic (exact) mass is 272 g/mol. The molecule has 6 heteroatoms. The third-order valence-electron chi connectivity index (χ3n) is 3.16. The van der Waals surface area contributed by atoms with Crippen LogP contribution in [0.15, 0.2) is 0 Å². The van der Waals surface area contributed by atoms with E-state index >= 15 is 0 Å². The molecule has 0 saturated carbocycles. The number of esters is 1. The van der Waals surface area contributed by atoms with E-state index < -0.39 is 23.2 Å². The quantitative estimate of drug-likeness (QED) is 0.727. The van der Waals surface area contributed by atoms with Crippen molar-refractivity contribution in [2.75, 3.05) is 19.6 Å². The van der Waals surface area contributed by atoms with Crippen LogP contribution in [0.5, 0.6) is 0 Å². The minimum Gasteiger partial charge on any atom is -0.480 e. The van der Waals surface area contributed by atoms with Gasteiger partial charge >= 0.3 is 11.9 Å². The summed E-state index contributed by atoms with van der Waals surface area (Å²) in [6.45, 7) is 10.5. The maximum absolute atomic E-state index is 12.2. The summed E-state index contributed by atoms with van der Waals surface area (Å²) in [6, 6.07) is -0.643. The van der Waals surface area contributed by atoms with Crippen LogP contribution in [-0.4, -0.2) is 58.8 Å². The zero-order chi connectivity index (χ0) is 14.8. The zero-order valence-electron chi connectivity index (χ0n) is 12.3. The molecule has 0 aliphatic carbocycles. The first kappa shape index (κ1) is 15.9. The Bertz CT molecular complexity index is 360. The Morgan fingerprint density at radius 2 is 1.84 bits per heavy atom. The SMILES string of the molecule is CC(C)(C)OC(=O)C(C)(C)N1CCNC(C(=O)O)C1. The molecule has 110 valence electrons. The van der Waals surface area contributed by atoms with E-state index in [9.17, 15) is 9.59 Å². The first-order valence-corrected chi connectivity index (χ1v) is 6.49. The lowest BCUT2D eigenvalue weighted by Crippen LogP contribution is -2.62. The molecule has 1 unspecified atom stereocenters. The minimum absolute atomic E-state index is 0.293. The Morgan fingerprint density at radius 1 is 1.26 bits per heavy atom. The molecule has 1 atom stereocenters. The highest BCUT2D eigenvalue weighted by atomic mass is 16.6. The first-order chi connectivity index (χ1) is 8.54. The summed E-state index contributed by atoms with van der Waals surface area (Å²) in [6.07, 6.45) is 0. The molecule has 1 saturated heterocycles. The van der Waals surface area contributed by atoms with E-state index in [1.165, 1.54) is 0 Å². The first-order valence-electron chi connectivity index (χ1n) is 6.49. The summed E-state index contributed by atoms with van der Waals surface area (Å²) in [4.78, 5) is 25.1. The van der Waals surface area contributed by atoms with Gasteiger partial charge in [-0.1, -0.05) is 0 Å². The van der Waals surface area contributed by atoms with Gasteiger partial charge in [0.25, 0.3) is 0 Å². The Hall–Kier alpha value is -1.14. The largest absolute Gasteiger partial charge is 0.480 e. The number of carboxylic acid groups (broad SMARTS) is 1. The van der Waals surface area contributed by atoms with Gasteiger partial charge in [0.1, 0.15) is 17.2 Å². The maximum Gasteiger partial charge on any atom is 0.326 e. The lowest BCUT2D eigenvalue weighted by atomic mass is 9.99. The Kier molecular flexibility index (Phi) is 4.58. The van der Waals surface area contributed by atoms with Crippen molar-refractivity contribution < 1.29 is 19.4 Å². The highest BCUT2D eigenvalue weighted by molar-refractivity contribution is 5.80. The molecule has 6 nitrogen and oxygen atoms in total. The lowest BCUT2D eigenvalue weighted by Gasteiger charge is -2.42. The number of carbonyl (C=O) groups is 2. The highest BCUT2D eigenvalue weighted by Crippen LogP contribution is 2.21. The Balaban J connectivity index is 2.76. The fraction of sp³-hybridized carbons (Fsp3) is 0.846. The van der Waals surface area contributed by atoms with Gasteiger partial charge in [0.05, 0.1) is 0 Å². The topological polar surface area (TPSA) is 78.9 Å². The summed E-state index contributed by atoms with van der Waals surface area (Å²) >= 11 is 0. The fourth-order valence-electron chi connectivity index (χ4n) is 1.96. The molecule has 19 heavy (non-hydrogen) atoms. The van der Waals surface area contributed by atoms with E-state index in [0.717, 1.165) is 0 Å². The zero-order valence-corrected chi connectivity index (χ0v) is 12.3. The summed E-state index contributed by atoms with van der Waals surface area (Å²) in [5, 5.41) is 12.0. The van der Waals surface area contributed by atoms with Crippen molar-refractivity contribution in [3.05, 3.63) is 0 Å². The van der Waals surface area contributed by atoms with Gasteiger partial charge in [-0.15, -0.1) is 0 Å². The summed E-state index contributed by atoms with van der Waals surface area (Å²) < 4.78 is 5.40. The summed E-state index contributed by atoms with van der Waals surface area (Å²) in [5.74, 6) is -1.23. The van der Waals surface area contributed by atoms with E-state index in [-0.39, 0.29) is 5.97 Å². The number of rotatable bonds is 3. The van der Waals surface area contributed by atoms with Crippen LogP contribution in [0, 0.1) is 0 Å². The van der Waals surface area contributed by atoms with Crippen molar-refractivity contribution in [3.8, 4) is 0 Å². The molecule has 1 rings (SSSR count). The van der Waals surface area contributed by atoms with Gasteiger partial charge in [0.2, 0.25) is 0 Å². The molecule has 0 radical (unpaired) electrons. The number of nitrogens with zero attached hydrogens (tertiary/aromatic N) is 1. The minimum atomic E-state index is -0.898. The molecular weight excluding hydrogens is 248 g/mol. The predicted octanol–water partition coefficient (Wildman–Crippen LogP) is 0.465. The number of hydrogen-bond acceptors (Lipinski definition) is 5. The van der Waals surface area contributed by atoms with Gasteiger partial charge in [0.15, 0.2) is 0 Å². The van der Waals surface area contributed by atoms with Crippen LogP contribution in [0.25, 0.3) is 0 Å². The number of carbonyl (C=O) groups excluding carboxylic acids is 1. The number of hydrogen-bond donors (Lipinski definition) is 2. The van der Waals surface area contributed by atoms with Gasteiger partial charge in [-0.25, -0.2) is 0 Å². The van der Waals surface area contributed by atoms with E-state index in [4.69, 9.17) is 9.84 Å². The smallest absolute Gasteiger partial charge is 0.326 e. The van der Waals surface area contributed by atoms with E-state index in [2.05, 4.69) is 5.32 Å². The van der Waals surface area contributed by atoms with Crippen LogP contribution < -0.4 is 5.32 Å². The molecule has 1 heterocycles. The van der Waals surface area contributed by atoms with Crippen molar-refractivity contribution in [2.45, 2.75) is 51.8 Å². The molecular formula is C13H24N2O4. The second-order valence-corrected chi connectivity index (χ2v) is 6.35. The molecule has 0 bridgehead atoms. The summed E-state index contributed by atoms with van der Waals surface area (Å²) in [7, 11) is 0. The third kappa shape index (κ3) is 4.18. The number of nitrogens with one attached hydrogen (secondary N) is 1. The van der Waals surface area contributed by atoms with Crippen LogP contribution >= 0.6 is 0 Å². The van der Waals surface area contributed by atoms with Crippen molar-refractivity contribution in [3.63, 3.8) is 0 Å². The Labute approximate surface area is 114 Å². The standard InChI is InChI=1S/C13H24N2O4/c1-12(2,3)19-11(18)13(4,5)15-7-6-14-9(8-15)10(16)17/h9,14H,6-8H2,1-5H3,(H,16,17). The second kappa shape index (κ2) is 5.46. The van der Waals surface area contributed by atoms with Crippen LogP contribution in [-0.2, 0) is 14.3 Å². The molecule has 2 N–H and O–H groups in total. The van der Waals surface area contributed by atoms with E-state index in [1.807, 2.05) is 25.7 Å². The van der Waals surface area contributed by atoms with Crippen LogP contribution in [0.4, 0.5) is 0 Å². The molecule has 0 aromatic heterocycles. The van der Waals surface area contributed by atoms with Crippen molar-refractivity contribution in [1.82, 2.24) is 10.2 Å². The average molecular weight is 272 g/mol. The molecule has 1 aliphatic rings. The Morgan fingerprint density at radius 3 is 2.32 bits per heavy atom. The fourth-order valence-corrected chi connectivity index (χ4v) is 1.96. The number of piperazine rings is 1.